The molecular weight excluding hydrogens is 334 g/mol. The Morgan fingerprint density at radius 2 is 1.77 bits per heavy atom. The quantitative estimate of drug-likeness (QED) is 0.766. The van der Waals surface area contributed by atoms with Crippen LogP contribution in [0.1, 0.15) is 24.2 Å². The van der Waals surface area contributed by atoms with Crippen molar-refractivity contribution in [3.8, 4) is 0 Å². The Morgan fingerprint density at radius 1 is 1.08 bits per heavy atom. The van der Waals surface area contributed by atoms with E-state index in [1.807, 2.05) is 49.1 Å². The van der Waals surface area contributed by atoms with Crippen LogP contribution < -0.4 is 0 Å². The molecule has 1 aromatic rings. The van der Waals surface area contributed by atoms with Crippen LogP contribution in [-0.2, 0) is 19.0 Å². The highest BCUT2D eigenvalue weighted by atomic mass is 16.7. The number of hydrogen-bond acceptors (Lipinski definition) is 5. The molecule has 6 nitrogen and oxygen atoms in total. The number of rotatable bonds is 4. The molecule has 0 N–H and O–H groups in total. The van der Waals surface area contributed by atoms with Gasteiger partial charge in [0, 0.05) is 30.5 Å². The maximum Gasteiger partial charge on any atom is 0.227 e. The number of carbonyl (C=O) groups excluding carboxylic acids is 2. The molecule has 1 saturated carbocycles. The molecule has 26 heavy (non-hydrogen) atoms. The van der Waals surface area contributed by atoms with Crippen LogP contribution in [0.5, 0.6) is 0 Å². The highest BCUT2D eigenvalue weighted by molar-refractivity contribution is 6.04. The van der Waals surface area contributed by atoms with Crippen LogP contribution >= 0.6 is 0 Å². The van der Waals surface area contributed by atoms with Crippen molar-refractivity contribution in [2.45, 2.75) is 25.7 Å². The largest absolute Gasteiger partial charge is 0.378 e. The Bertz CT molecular complexity index is 683. The van der Waals surface area contributed by atoms with Gasteiger partial charge in [-0.05, 0) is 13.8 Å². The van der Waals surface area contributed by atoms with Gasteiger partial charge in [-0.1, -0.05) is 30.3 Å². The highest BCUT2D eigenvalue weighted by Gasteiger charge is 2.64. The third-order valence-electron chi connectivity index (χ3n) is 5.50. The predicted molar refractivity (Wildman–Crippen MR) is 93.5 cm³/mol. The average molecular weight is 359 g/mol. The van der Waals surface area contributed by atoms with E-state index in [1.165, 1.54) is 0 Å². The number of ketones is 1. The summed E-state index contributed by atoms with van der Waals surface area (Å²) in [4.78, 5) is 27.9. The van der Waals surface area contributed by atoms with Crippen molar-refractivity contribution < 1.29 is 23.8 Å². The fraction of sp³-hybridized carbons (Fsp3) is 0.600. The van der Waals surface area contributed by atoms with Gasteiger partial charge in [-0.2, -0.15) is 0 Å². The summed E-state index contributed by atoms with van der Waals surface area (Å²) in [7, 11) is 0. The van der Waals surface area contributed by atoms with Crippen LogP contribution in [0.2, 0.25) is 0 Å². The van der Waals surface area contributed by atoms with Gasteiger partial charge < -0.3 is 19.1 Å². The molecule has 0 bridgehead atoms. The summed E-state index contributed by atoms with van der Waals surface area (Å²) >= 11 is 0. The van der Waals surface area contributed by atoms with Gasteiger partial charge in [0.1, 0.15) is 0 Å². The molecule has 3 fully saturated rings. The van der Waals surface area contributed by atoms with E-state index in [4.69, 9.17) is 14.2 Å². The zero-order valence-corrected chi connectivity index (χ0v) is 15.2. The third kappa shape index (κ3) is 3.29. The number of carbonyl (C=O) groups is 2. The number of nitrogens with zero attached hydrogens (tertiary/aromatic N) is 1. The zero-order chi connectivity index (χ0) is 18.3. The number of Topliss-reactive ketones (excluding diaryl/α,β-unsaturated/α-hetero) is 1. The minimum Gasteiger partial charge on any atom is -0.378 e. The number of morpholine rings is 1. The predicted octanol–water partition coefficient (Wildman–Crippen LogP) is 1.74. The maximum absolute atomic E-state index is 13.1. The van der Waals surface area contributed by atoms with Gasteiger partial charge in [-0.25, -0.2) is 0 Å². The lowest BCUT2D eigenvalue weighted by Gasteiger charge is -2.27. The van der Waals surface area contributed by atoms with Crippen LogP contribution in [0.15, 0.2) is 30.3 Å². The lowest BCUT2D eigenvalue weighted by molar-refractivity contribution is -0.144. The van der Waals surface area contributed by atoms with E-state index in [9.17, 15) is 9.59 Å². The molecule has 1 amide bonds. The second-order valence-electron chi connectivity index (χ2n) is 7.66. The molecule has 3 aliphatic rings. The molecule has 1 aliphatic carbocycles. The summed E-state index contributed by atoms with van der Waals surface area (Å²) in [5, 5.41) is 0. The van der Waals surface area contributed by atoms with Crippen molar-refractivity contribution in [1.82, 2.24) is 4.90 Å². The lowest BCUT2D eigenvalue weighted by Crippen LogP contribution is -2.42. The van der Waals surface area contributed by atoms with Crippen molar-refractivity contribution in [2.75, 3.05) is 32.9 Å². The normalized spacial score (nSPS) is 33.1. The number of benzene rings is 1. The van der Waals surface area contributed by atoms with Crippen LogP contribution in [0.3, 0.4) is 0 Å². The lowest BCUT2D eigenvalue weighted by atomic mass is 10.0. The fourth-order valence-electron chi connectivity index (χ4n) is 4.15. The molecule has 0 spiro atoms. The van der Waals surface area contributed by atoms with Crippen LogP contribution in [0, 0.1) is 17.8 Å². The van der Waals surface area contributed by atoms with E-state index < -0.39 is 5.79 Å². The van der Waals surface area contributed by atoms with Crippen molar-refractivity contribution in [2.24, 2.45) is 17.8 Å². The summed E-state index contributed by atoms with van der Waals surface area (Å²) in [6, 6.07) is 9.20. The first-order valence-electron chi connectivity index (χ1n) is 9.25. The number of amides is 1. The minimum atomic E-state index is -0.667. The highest BCUT2D eigenvalue weighted by Crippen LogP contribution is 2.54. The smallest absolute Gasteiger partial charge is 0.227 e. The van der Waals surface area contributed by atoms with E-state index in [2.05, 4.69) is 0 Å². The monoisotopic (exact) mass is 359 g/mol. The van der Waals surface area contributed by atoms with Crippen molar-refractivity contribution in [3.63, 3.8) is 0 Å². The van der Waals surface area contributed by atoms with Gasteiger partial charge in [0.05, 0.1) is 31.8 Å². The number of ether oxygens (including phenoxy) is 3. The number of hydrogen-bond donors (Lipinski definition) is 0. The molecule has 140 valence electrons. The molecule has 6 heteroatoms. The summed E-state index contributed by atoms with van der Waals surface area (Å²) in [6.45, 7) is 6.42. The Balaban J connectivity index is 1.55. The molecule has 4 atom stereocenters. The van der Waals surface area contributed by atoms with Crippen LogP contribution in [0.4, 0.5) is 0 Å². The molecule has 2 aliphatic heterocycles. The molecule has 2 heterocycles. The summed E-state index contributed by atoms with van der Waals surface area (Å²) in [5.41, 5.74) is 0.651. The van der Waals surface area contributed by atoms with Crippen LogP contribution in [0.25, 0.3) is 0 Å². The summed E-state index contributed by atoms with van der Waals surface area (Å²) < 4.78 is 17.0. The molecule has 0 aromatic heterocycles. The molecule has 0 radical (unpaired) electrons. The minimum absolute atomic E-state index is 0.0236. The third-order valence-corrected chi connectivity index (χ3v) is 5.50. The van der Waals surface area contributed by atoms with Gasteiger partial charge in [-0.15, -0.1) is 0 Å². The van der Waals surface area contributed by atoms with Crippen molar-refractivity contribution >= 4 is 11.7 Å². The second-order valence-corrected chi connectivity index (χ2v) is 7.66. The first-order chi connectivity index (χ1) is 12.5. The van der Waals surface area contributed by atoms with Crippen molar-refractivity contribution in [3.05, 3.63) is 35.9 Å². The van der Waals surface area contributed by atoms with Crippen LogP contribution in [-0.4, -0.2) is 61.4 Å². The fourth-order valence-corrected chi connectivity index (χ4v) is 4.15. The second kappa shape index (κ2) is 6.76. The molecule has 0 unspecified atom stereocenters. The summed E-state index contributed by atoms with van der Waals surface area (Å²) in [6.07, 6.45) is -0.224. The summed E-state index contributed by atoms with van der Waals surface area (Å²) in [5.74, 6) is -1.39. The van der Waals surface area contributed by atoms with Gasteiger partial charge >= 0.3 is 0 Å². The molecule has 2 saturated heterocycles. The first-order valence-corrected chi connectivity index (χ1v) is 9.25. The van der Waals surface area contributed by atoms with E-state index in [-0.39, 0.29) is 35.5 Å². The van der Waals surface area contributed by atoms with E-state index >= 15 is 0 Å². The maximum atomic E-state index is 13.1. The van der Waals surface area contributed by atoms with E-state index in [1.54, 1.807) is 0 Å². The zero-order valence-electron chi connectivity index (χ0n) is 15.2. The van der Waals surface area contributed by atoms with Gasteiger partial charge in [0.15, 0.2) is 11.6 Å². The average Bonchev–Trinajstić information content (AvgIpc) is 3.30. The SMILES string of the molecule is CC1(C)OC[C@@H]([C@H]2[C@H](C(=O)N3CCOCC3)[C@@H]2C(=O)c2ccccc2)O1. The first kappa shape index (κ1) is 17.6. The molecule has 1 aromatic carbocycles. The van der Waals surface area contributed by atoms with E-state index in [0.29, 0.717) is 38.5 Å². The Hall–Kier alpha value is -1.76. The Labute approximate surface area is 153 Å². The van der Waals surface area contributed by atoms with E-state index in [0.717, 1.165) is 0 Å². The Kier molecular flexibility index (Phi) is 4.59. The Morgan fingerprint density at radius 3 is 2.38 bits per heavy atom. The molecule has 4 rings (SSSR count). The van der Waals surface area contributed by atoms with Gasteiger partial charge in [-0.3, -0.25) is 9.59 Å². The van der Waals surface area contributed by atoms with Crippen molar-refractivity contribution in [1.29, 1.82) is 0 Å². The standard InChI is InChI=1S/C20H25NO5/c1-20(2)25-12-14(26-20)15-16(18(22)13-6-4-3-5-7-13)17(15)19(23)21-8-10-24-11-9-21/h3-7,14-17H,8-12H2,1-2H3/t14-,15+,16+,17-/m0/s1. The van der Waals surface area contributed by atoms with Gasteiger partial charge in [0.25, 0.3) is 0 Å². The van der Waals surface area contributed by atoms with Gasteiger partial charge in [0.2, 0.25) is 5.91 Å². The topological polar surface area (TPSA) is 65.1 Å². The molecular formula is C20H25NO5.